The highest BCUT2D eigenvalue weighted by molar-refractivity contribution is 5.78. The number of rotatable bonds is 2. The van der Waals surface area contributed by atoms with Gasteiger partial charge < -0.3 is 15.0 Å². The maximum atomic E-state index is 11.8. The largest absolute Gasteiger partial charge is 0.469 e. The number of nitrogens with one attached hydrogen (secondary N) is 1. The molecule has 0 bridgehead atoms. The van der Waals surface area contributed by atoms with Gasteiger partial charge in [-0.25, -0.2) is 4.79 Å². The maximum Gasteiger partial charge on any atom is 0.317 e. The molecule has 16 heavy (non-hydrogen) atoms. The monoisotopic (exact) mass is 226 g/mol. The number of carbonyl (C=O) groups is 2. The van der Waals surface area contributed by atoms with E-state index in [1.165, 1.54) is 7.11 Å². The second kappa shape index (κ2) is 4.31. The van der Waals surface area contributed by atoms with Crippen LogP contribution >= 0.6 is 0 Å². The molecule has 1 aliphatic carbocycles. The molecule has 0 aromatic carbocycles. The number of nitrogens with zero attached hydrogens (tertiary/aromatic N) is 1. The van der Waals surface area contributed by atoms with E-state index in [2.05, 4.69) is 5.32 Å². The molecule has 1 heterocycles. The van der Waals surface area contributed by atoms with Crippen molar-refractivity contribution in [1.29, 1.82) is 0 Å². The molecule has 2 atom stereocenters. The number of urea groups is 1. The first-order chi connectivity index (χ1) is 7.61. The summed E-state index contributed by atoms with van der Waals surface area (Å²) < 4.78 is 4.73. The Bertz CT molecular complexity index is 302. The fraction of sp³-hybridized carbons (Fsp3) is 0.818. The second-order valence-electron chi connectivity index (χ2n) is 4.74. The zero-order valence-corrected chi connectivity index (χ0v) is 9.73. The Morgan fingerprint density at radius 3 is 2.56 bits per heavy atom. The topological polar surface area (TPSA) is 58.6 Å². The summed E-state index contributed by atoms with van der Waals surface area (Å²) in [5.74, 6) is -0.207. The molecule has 90 valence electrons. The molecule has 0 radical (unpaired) electrons. The lowest BCUT2D eigenvalue weighted by Crippen LogP contribution is -2.40. The van der Waals surface area contributed by atoms with Crippen LogP contribution in [0.2, 0.25) is 0 Å². The molecule has 2 rings (SSSR count). The van der Waals surface area contributed by atoms with Crippen molar-refractivity contribution in [3.05, 3.63) is 0 Å². The standard InChI is InChI=1S/C11H18N2O3/c1-7-5-13(6-9(7)10(14)16-2)11(15)12-8-3-4-8/h7-9H,3-6H2,1-2H3,(H,12,15). The number of likely N-dealkylation sites (tertiary alicyclic amines) is 1. The van der Waals surface area contributed by atoms with Crippen molar-refractivity contribution in [3.63, 3.8) is 0 Å². The van der Waals surface area contributed by atoms with Gasteiger partial charge in [0.05, 0.1) is 13.0 Å². The summed E-state index contributed by atoms with van der Waals surface area (Å²) in [5, 5.41) is 2.93. The van der Waals surface area contributed by atoms with Crippen LogP contribution in [0.1, 0.15) is 19.8 Å². The van der Waals surface area contributed by atoms with Crippen molar-refractivity contribution in [2.24, 2.45) is 11.8 Å². The van der Waals surface area contributed by atoms with Crippen molar-refractivity contribution in [2.75, 3.05) is 20.2 Å². The Balaban J connectivity index is 1.89. The van der Waals surface area contributed by atoms with Gasteiger partial charge in [-0.15, -0.1) is 0 Å². The van der Waals surface area contributed by atoms with Crippen molar-refractivity contribution in [1.82, 2.24) is 10.2 Å². The third-order valence-electron chi connectivity index (χ3n) is 3.31. The highest BCUT2D eigenvalue weighted by atomic mass is 16.5. The molecule has 5 nitrogen and oxygen atoms in total. The lowest BCUT2D eigenvalue weighted by molar-refractivity contribution is -0.145. The summed E-state index contributed by atoms with van der Waals surface area (Å²) in [6, 6.07) is 0.320. The van der Waals surface area contributed by atoms with Crippen LogP contribution in [0, 0.1) is 11.8 Å². The molecule has 1 saturated carbocycles. The van der Waals surface area contributed by atoms with Crippen molar-refractivity contribution in [3.8, 4) is 0 Å². The fourth-order valence-corrected chi connectivity index (χ4v) is 2.08. The Kier molecular flexibility index (Phi) is 3.03. The first-order valence-corrected chi connectivity index (χ1v) is 5.75. The van der Waals surface area contributed by atoms with Crippen molar-refractivity contribution < 1.29 is 14.3 Å². The molecule has 1 saturated heterocycles. The summed E-state index contributed by atoms with van der Waals surface area (Å²) in [5.41, 5.74) is 0. The number of amides is 2. The molecular formula is C11H18N2O3. The van der Waals surface area contributed by atoms with Gasteiger partial charge >= 0.3 is 12.0 Å². The van der Waals surface area contributed by atoms with E-state index >= 15 is 0 Å². The van der Waals surface area contributed by atoms with Gasteiger partial charge in [0.2, 0.25) is 0 Å². The predicted molar refractivity (Wildman–Crippen MR) is 57.8 cm³/mol. The lowest BCUT2D eigenvalue weighted by Gasteiger charge is -2.16. The second-order valence-corrected chi connectivity index (χ2v) is 4.74. The number of esters is 1. The molecule has 1 aliphatic heterocycles. The third-order valence-corrected chi connectivity index (χ3v) is 3.31. The molecule has 1 N–H and O–H groups in total. The van der Waals surface area contributed by atoms with Gasteiger partial charge in [-0.05, 0) is 18.8 Å². The number of methoxy groups -OCH3 is 1. The van der Waals surface area contributed by atoms with Crippen LogP contribution in [0.25, 0.3) is 0 Å². The van der Waals surface area contributed by atoms with E-state index in [9.17, 15) is 9.59 Å². The molecule has 2 fully saturated rings. The van der Waals surface area contributed by atoms with Gasteiger partial charge in [-0.1, -0.05) is 6.92 Å². The van der Waals surface area contributed by atoms with Crippen LogP contribution in [0.5, 0.6) is 0 Å². The minimum Gasteiger partial charge on any atom is -0.469 e. The third kappa shape index (κ3) is 2.28. The van der Waals surface area contributed by atoms with E-state index in [1.807, 2.05) is 6.92 Å². The summed E-state index contributed by atoms with van der Waals surface area (Å²) >= 11 is 0. The van der Waals surface area contributed by atoms with Gasteiger partial charge in [0.1, 0.15) is 0 Å². The molecule has 0 aromatic rings. The highest BCUT2D eigenvalue weighted by Gasteiger charge is 2.38. The van der Waals surface area contributed by atoms with E-state index in [0.717, 1.165) is 12.8 Å². The zero-order chi connectivity index (χ0) is 11.7. The van der Waals surface area contributed by atoms with E-state index in [0.29, 0.717) is 19.1 Å². The Morgan fingerprint density at radius 1 is 1.31 bits per heavy atom. The minimum absolute atomic E-state index is 0.0410. The van der Waals surface area contributed by atoms with Crippen LogP contribution < -0.4 is 5.32 Å². The van der Waals surface area contributed by atoms with Crippen molar-refractivity contribution >= 4 is 12.0 Å². The molecular weight excluding hydrogens is 208 g/mol. The van der Waals surface area contributed by atoms with Gasteiger partial charge in [0.15, 0.2) is 0 Å². The predicted octanol–water partition coefficient (Wildman–Crippen LogP) is 0.599. The van der Waals surface area contributed by atoms with Crippen LogP contribution in [-0.2, 0) is 9.53 Å². The normalized spacial score (nSPS) is 29.0. The van der Waals surface area contributed by atoms with E-state index < -0.39 is 0 Å². The van der Waals surface area contributed by atoms with Crippen LogP contribution in [0.4, 0.5) is 4.79 Å². The summed E-state index contributed by atoms with van der Waals surface area (Å²) in [7, 11) is 1.39. The first kappa shape index (κ1) is 11.2. The van der Waals surface area contributed by atoms with E-state index in [4.69, 9.17) is 4.74 Å². The number of carbonyl (C=O) groups excluding carboxylic acids is 2. The molecule has 2 aliphatic rings. The molecule has 0 spiro atoms. The van der Waals surface area contributed by atoms with Gasteiger partial charge in [-0.2, -0.15) is 0 Å². The van der Waals surface area contributed by atoms with Crippen molar-refractivity contribution in [2.45, 2.75) is 25.8 Å². The first-order valence-electron chi connectivity index (χ1n) is 5.75. The van der Waals surface area contributed by atoms with Crippen LogP contribution in [-0.4, -0.2) is 43.1 Å². The minimum atomic E-state index is -0.214. The van der Waals surface area contributed by atoms with Gasteiger partial charge in [0.25, 0.3) is 0 Å². The molecule has 2 unspecified atom stereocenters. The maximum absolute atomic E-state index is 11.8. The number of hydrogen-bond acceptors (Lipinski definition) is 3. The van der Waals surface area contributed by atoms with E-state index in [1.54, 1.807) is 4.90 Å². The van der Waals surface area contributed by atoms with E-state index in [-0.39, 0.29) is 23.8 Å². The van der Waals surface area contributed by atoms with Crippen LogP contribution in [0.3, 0.4) is 0 Å². The lowest BCUT2D eigenvalue weighted by atomic mass is 9.99. The Morgan fingerprint density at radius 2 is 2.00 bits per heavy atom. The quantitative estimate of drug-likeness (QED) is 0.701. The Labute approximate surface area is 95.1 Å². The SMILES string of the molecule is COC(=O)C1CN(C(=O)NC2CC2)CC1C. The number of ether oxygens (including phenoxy) is 1. The molecule has 5 heteroatoms. The smallest absolute Gasteiger partial charge is 0.317 e. The van der Waals surface area contributed by atoms with Gasteiger partial charge in [0, 0.05) is 19.1 Å². The molecule has 0 aromatic heterocycles. The summed E-state index contributed by atoms with van der Waals surface area (Å²) in [6.07, 6.45) is 2.16. The van der Waals surface area contributed by atoms with Crippen LogP contribution in [0.15, 0.2) is 0 Å². The summed E-state index contributed by atoms with van der Waals surface area (Å²) in [6.45, 7) is 3.09. The molecule has 2 amide bonds. The number of hydrogen-bond donors (Lipinski definition) is 1. The average Bonchev–Trinajstić information content (AvgIpc) is 2.98. The Hall–Kier alpha value is -1.26. The average molecular weight is 226 g/mol. The zero-order valence-electron chi connectivity index (χ0n) is 9.73. The highest BCUT2D eigenvalue weighted by Crippen LogP contribution is 2.25. The fourth-order valence-electron chi connectivity index (χ4n) is 2.08. The van der Waals surface area contributed by atoms with Gasteiger partial charge in [-0.3, -0.25) is 4.79 Å². The summed E-state index contributed by atoms with van der Waals surface area (Å²) in [4.78, 5) is 24.9.